The van der Waals surface area contributed by atoms with Gasteiger partial charge < -0.3 is 20.1 Å². The van der Waals surface area contributed by atoms with Crippen LogP contribution in [0.2, 0.25) is 0 Å². The second kappa shape index (κ2) is 8.99. The van der Waals surface area contributed by atoms with Crippen LogP contribution in [-0.4, -0.2) is 42.2 Å². The first kappa shape index (κ1) is 21.7. The van der Waals surface area contributed by atoms with Crippen molar-refractivity contribution in [1.29, 1.82) is 5.41 Å². The first-order valence-corrected chi connectivity index (χ1v) is 11.6. The van der Waals surface area contributed by atoms with E-state index in [4.69, 9.17) is 20.6 Å². The van der Waals surface area contributed by atoms with Gasteiger partial charge in [-0.25, -0.2) is 9.37 Å². The highest BCUT2D eigenvalue weighted by atomic mass is 32.2. The molecule has 9 heteroatoms. The fourth-order valence-corrected chi connectivity index (χ4v) is 4.99. The topological polar surface area (TPSA) is 84.5 Å². The van der Waals surface area contributed by atoms with E-state index in [0.29, 0.717) is 54.5 Å². The Balaban J connectivity index is 1.61. The van der Waals surface area contributed by atoms with Gasteiger partial charge in [-0.15, -0.1) is 0 Å². The number of nitrogens with two attached hydrogens (primary N) is 1. The molecule has 6 nitrogen and oxygen atoms in total. The maximum atomic E-state index is 15.2. The Labute approximate surface area is 194 Å². The molecule has 0 amide bonds. The van der Waals surface area contributed by atoms with Gasteiger partial charge in [-0.3, -0.25) is 5.41 Å². The zero-order chi connectivity index (χ0) is 22.9. The molecule has 3 heterocycles. The molecule has 0 bridgehead atoms. The smallest absolute Gasteiger partial charge is 0.220 e. The third-order valence-electron chi connectivity index (χ3n) is 5.88. The molecule has 2 aliphatic heterocycles. The number of morpholine rings is 1. The summed E-state index contributed by atoms with van der Waals surface area (Å²) in [4.78, 5) is 5.83. The Morgan fingerprint density at radius 1 is 1.15 bits per heavy atom. The molecule has 1 atom stereocenters. The average Bonchev–Trinajstić information content (AvgIpc) is 2.82. The number of fused-ring (bicyclic) bond motifs is 2. The van der Waals surface area contributed by atoms with Gasteiger partial charge in [-0.1, -0.05) is 17.8 Å². The van der Waals surface area contributed by atoms with Crippen molar-refractivity contribution in [2.75, 3.05) is 37.0 Å². The maximum Gasteiger partial charge on any atom is 0.220 e. The Morgan fingerprint density at radius 3 is 2.73 bits per heavy atom. The molecule has 0 radical (unpaired) electrons. The van der Waals surface area contributed by atoms with E-state index in [9.17, 15) is 4.39 Å². The van der Waals surface area contributed by atoms with Crippen LogP contribution in [0.5, 0.6) is 11.5 Å². The van der Waals surface area contributed by atoms with E-state index in [1.165, 1.54) is 24.0 Å². The summed E-state index contributed by atoms with van der Waals surface area (Å²) in [5.41, 5.74) is 8.88. The first-order chi connectivity index (χ1) is 16.0. The van der Waals surface area contributed by atoms with E-state index in [2.05, 4.69) is 9.88 Å². The quantitative estimate of drug-likeness (QED) is 0.327. The molecule has 33 heavy (non-hydrogen) atoms. The number of pyridine rings is 1. The van der Waals surface area contributed by atoms with Crippen molar-refractivity contribution in [2.24, 2.45) is 5.73 Å². The molecule has 1 aromatic heterocycles. The van der Waals surface area contributed by atoms with Crippen LogP contribution in [-0.2, 0) is 4.74 Å². The molecule has 0 spiro atoms. The molecule has 1 fully saturated rings. The maximum absolute atomic E-state index is 15.2. The van der Waals surface area contributed by atoms with E-state index in [1.54, 1.807) is 24.3 Å². The van der Waals surface area contributed by atoms with Gasteiger partial charge in [0, 0.05) is 59.4 Å². The van der Waals surface area contributed by atoms with Gasteiger partial charge in [-0.2, -0.15) is 4.39 Å². The average molecular weight is 469 g/mol. The lowest BCUT2D eigenvalue weighted by atomic mass is 9.87. The molecule has 3 aromatic rings. The highest BCUT2D eigenvalue weighted by Gasteiger charge is 2.32. The first-order valence-electron chi connectivity index (χ1n) is 10.6. The van der Waals surface area contributed by atoms with E-state index < -0.39 is 11.8 Å². The van der Waals surface area contributed by atoms with Gasteiger partial charge in [0.1, 0.15) is 5.75 Å². The van der Waals surface area contributed by atoms with Crippen molar-refractivity contribution >= 4 is 22.6 Å². The summed E-state index contributed by atoms with van der Waals surface area (Å²) < 4.78 is 41.0. The van der Waals surface area contributed by atoms with E-state index in [-0.39, 0.29) is 16.8 Å². The highest BCUT2D eigenvalue weighted by Crippen LogP contribution is 2.49. The Hall–Kier alpha value is -3.17. The Kier molecular flexibility index (Phi) is 5.90. The zero-order valence-corrected chi connectivity index (χ0v) is 18.5. The SMILES string of the molecule is N=C(N)SCC1c2cc(-c3cccnc3F)ccc2Oc2c(F)cc(N3CCOCC3)cc21. The van der Waals surface area contributed by atoms with E-state index >= 15 is 4.39 Å². The summed E-state index contributed by atoms with van der Waals surface area (Å²) in [6.07, 6.45) is 1.40. The lowest BCUT2D eigenvalue weighted by molar-refractivity contribution is 0.122. The van der Waals surface area contributed by atoms with Gasteiger partial charge in [-0.05, 0) is 35.9 Å². The number of nitrogens with zero attached hydrogens (tertiary/aromatic N) is 2. The van der Waals surface area contributed by atoms with Gasteiger partial charge >= 0.3 is 0 Å². The van der Waals surface area contributed by atoms with Crippen molar-refractivity contribution in [2.45, 2.75) is 5.92 Å². The number of nitrogens with one attached hydrogen (secondary N) is 1. The number of anilines is 1. The van der Waals surface area contributed by atoms with Crippen LogP contribution in [0.4, 0.5) is 14.5 Å². The van der Waals surface area contributed by atoms with Gasteiger partial charge in [0.2, 0.25) is 5.95 Å². The summed E-state index contributed by atoms with van der Waals surface area (Å²) in [6, 6.07) is 12.1. The summed E-state index contributed by atoms with van der Waals surface area (Å²) in [7, 11) is 0. The molecular weight excluding hydrogens is 446 g/mol. The van der Waals surface area contributed by atoms with Crippen LogP contribution in [0.3, 0.4) is 0 Å². The van der Waals surface area contributed by atoms with Gasteiger partial charge in [0.15, 0.2) is 16.7 Å². The van der Waals surface area contributed by atoms with Gasteiger partial charge in [0.05, 0.1) is 13.2 Å². The molecule has 2 aromatic carbocycles. The number of rotatable bonds is 4. The molecule has 1 saturated heterocycles. The molecule has 3 N–H and O–H groups in total. The number of benzene rings is 2. The second-order valence-corrected chi connectivity index (χ2v) is 8.93. The molecule has 0 saturated carbocycles. The standard InChI is InChI=1S/C24H22F2N4O2S/c25-20-12-15(30-6-8-31-9-7-30)11-18-19(13-33-24(27)28)17-10-14(3-4-21(17)32-22(18)20)16-2-1-5-29-23(16)26/h1-5,10-12,19H,6-9,13H2,(H3,27,28). The van der Waals surface area contributed by atoms with Gasteiger partial charge in [0.25, 0.3) is 0 Å². The summed E-state index contributed by atoms with van der Waals surface area (Å²) in [5, 5.41) is 7.66. The van der Waals surface area contributed by atoms with Crippen LogP contribution in [0.25, 0.3) is 11.1 Å². The minimum absolute atomic E-state index is 0.0242. The normalized spacial score (nSPS) is 17.2. The summed E-state index contributed by atoms with van der Waals surface area (Å²) >= 11 is 1.18. The predicted octanol–water partition coefficient (Wildman–Crippen LogP) is 4.73. The highest BCUT2D eigenvalue weighted by molar-refractivity contribution is 8.13. The molecule has 1 unspecified atom stereocenters. The summed E-state index contributed by atoms with van der Waals surface area (Å²) in [5.74, 6) is -0.210. The number of ether oxygens (including phenoxy) is 2. The Bertz CT molecular complexity index is 1220. The number of hydrogen-bond acceptors (Lipinski definition) is 6. The number of hydrogen-bond donors (Lipinski definition) is 2. The van der Waals surface area contributed by atoms with Crippen LogP contribution in [0, 0.1) is 17.2 Å². The Morgan fingerprint density at radius 2 is 1.97 bits per heavy atom. The zero-order valence-electron chi connectivity index (χ0n) is 17.7. The molecule has 0 aliphatic carbocycles. The van der Waals surface area contributed by atoms with Crippen molar-refractivity contribution in [1.82, 2.24) is 4.98 Å². The number of thioether (sulfide) groups is 1. The fraction of sp³-hybridized carbons (Fsp3) is 0.250. The van der Waals surface area contributed by atoms with Crippen LogP contribution in [0.1, 0.15) is 17.0 Å². The number of amidine groups is 1. The third kappa shape index (κ3) is 4.26. The van der Waals surface area contributed by atoms with Crippen molar-refractivity contribution in [3.63, 3.8) is 0 Å². The minimum Gasteiger partial charge on any atom is -0.454 e. The fourth-order valence-electron chi connectivity index (χ4n) is 4.28. The van der Waals surface area contributed by atoms with Crippen molar-refractivity contribution in [3.05, 3.63) is 71.6 Å². The summed E-state index contributed by atoms with van der Waals surface area (Å²) in [6.45, 7) is 2.52. The van der Waals surface area contributed by atoms with E-state index in [1.807, 2.05) is 12.1 Å². The van der Waals surface area contributed by atoms with Crippen molar-refractivity contribution in [3.8, 4) is 22.6 Å². The third-order valence-corrected chi connectivity index (χ3v) is 6.69. The molecule has 5 rings (SSSR count). The largest absolute Gasteiger partial charge is 0.454 e. The lowest BCUT2D eigenvalue weighted by Gasteiger charge is -2.33. The number of aromatic nitrogens is 1. The second-order valence-electron chi connectivity index (χ2n) is 7.87. The van der Waals surface area contributed by atoms with Crippen LogP contribution in [0.15, 0.2) is 48.7 Å². The van der Waals surface area contributed by atoms with Crippen LogP contribution < -0.4 is 15.4 Å². The van der Waals surface area contributed by atoms with E-state index in [0.717, 1.165) is 11.3 Å². The monoisotopic (exact) mass is 468 g/mol. The molecule has 2 aliphatic rings. The van der Waals surface area contributed by atoms with Crippen molar-refractivity contribution < 1.29 is 18.3 Å². The minimum atomic E-state index is -0.565. The predicted molar refractivity (Wildman–Crippen MR) is 125 cm³/mol. The lowest BCUT2D eigenvalue weighted by Crippen LogP contribution is -2.36. The van der Waals surface area contributed by atoms with Crippen LogP contribution >= 0.6 is 11.8 Å². The number of halogens is 2. The molecule has 170 valence electrons. The molecular formula is C24H22F2N4O2S.